The summed E-state index contributed by atoms with van der Waals surface area (Å²) in [6.07, 6.45) is 6.63. The standard InChI is InChI=1S/C24H32FN5O/c1-18-6-10-28(11-7-18)20(3)24(31,15-30-17-26-16-27-30)22-5-4-21(14-23(22)25)29-12-8-19(2)9-13-29/h4-5,14,16-17,20,31H,1-2,6-13,15H2,3H3/t20?,24-/m1/s1. The number of aromatic nitrogens is 3. The van der Waals surface area contributed by atoms with Crippen LogP contribution in [0, 0.1) is 5.82 Å². The molecular formula is C24H32FN5O. The molecule has 0 spiro atoms. The molecule has 2 saturated heterocycles. The number of hydrogen-bond donors (Lipinski definition) is 1. The first-order valence-corrected chi connectivity index (χ1v) is 11.0. The van der Waals surface area contributed by atoms with Crippen LogP contribution in [0.5, 0.6) is 0 Å². The van der Waals surface area contributed by atoms with Crippen molar-refractivity contribution in [2.75, 3.05) is 31.1 Å². The van der Waals surface area contributed by atoms with Gasteiger partial charge < -0.3 is 10.0 Å². The van der Waals surface area contributed by atoms with Crippen LogP contribution < -0.4 is 4.90 Å². The molecule has 2 fully saturated rings. The van der Waals surface area contributed by atoms with Crippen molar-refractivity contribution in [2.24, 2.45) is 0 Å². The molecule has 6 nitrogen and oxygen atoms in total. The molecule has 1 N–H and O–H groups in total. The van der Waals surface area contributed by atoms with E-state index in [1.807, 2.05) is 13.0 Å². The molecule has 4 rings (SSSR count). The molecule has 2 aliphatic rings. The zero-order valence-electron chi connectivity index (χ0n) is 18.3. The predicted molar refractivity (Wildman–Crippen MR) is 120 cm³/mol. The highest BCUT2D eigenvalue weighted by Crippen LogP contribution is 2.35. The van der Waals surface area contributed by atoms with Gasteiger partial charge in [0.25, 0.3) is 0 Å². The van der Waals surface area contributed by atoms with Gasteiger partial charge in [0.1, 0.15) is 24.1 Å². The van der Waals surface area contributed by atoms with Gasteiger partial charge >= 0.3 is 0 Å². The van der Waals surface area contributed by atoms with Crippen LogP contribution >= 0.6 is 0 Å². The van der Waals surface area contributed by atoms with Gasteiger partial charge in [-0.2, -0.15) is 5.10 Å². The molecule has 7 heteroatoms. The fourth-order valence-corrected chi connectivity index (χ4v) is 4.67. The van der Waals surface area contributed by atoms with Gasteiger partial charge in [0, 0.05) is 43.5 Å². The third-order valence-corrected chi connectivity index (χ3v) is 6.87. The molecule has 166 valence electrons. The first-order valence-electron chi connectivity index (χ1n) is 11.0. The van der Waals surface area contributed by atoms with E-state index >= 15 is 4.39 Å². The van der Waals surface area contributed by atoms with E-state index in [-0.39, 0.29) is 12.6 Å². The maximum absolute atomic E-state index is 15.5. The van der Waals surface area contributed by atoms with Crippen LogP contribution in [0.2, 0.25) is 0 Å². The highest BCUT2D eigenvalue weighted by molar-refractivity contribution is 5.50. The Balaban J connectivity index is 1.64. The van der Waals surface area contributed by atoms with Crippen molar-refractivity contribution in [3.63, 3.8) is 0 Å². The topological polar surface area (TPSA) is 57.4 Å². The van der Waals surface area contributed by atoms with Gasteiger partial charge in [-0.25, -0.2) is 14.1 Å². The lowest BCUT2D eigenvalue weighted by atomic mass is 9.84. The number of piperidine rings is 2. The largest absolute Gasteiger partial charge is 0.381 e. The highest BCUT2D eigenvalue weighted by Gasteiger charge is 2.42. The fourth-order valence-electron chi connectivity index (χ4n) is 4.67. The van der Waals surface area contributed by atoms with Crippen LogP contribution in [0.25, 0.3) is 0 Å². The second-order valence-electron chi connectivity index (χ2n) is 8.88. The minimum absolute atomic E-state index is 0.130. The number of hydrogen-bond acceptors (Lipinski definition) is 5. The first kappa shape index (κ1) is 21.7. The van der Waals surface area contributed by atoms with Gasteiger partial charge in [-0.1, -0.05) is 30.4 Å². The first-order chi connectivity index (χ1) is 14.9. The van der Waals surface area contributed by atoms with E-state index in [1.54, 1.807) is 23.1 Å². The Morgan fingerprint density at radius 2 is 1.74 bits per heavy atom. The lowest BCUT2D eigenvalue weighted by Gasteiger charge is -2.43. The van der Waals surface area contributed by atoms with Gasteiger partial charge in [0.2, 0.25) is 0 Å². The Bertz CT molecular complexity index is 923. The summed E-state index contributed by atoms with van der Waals surface area (Å²) < 4.78 is 17.1. The van der Waals surface area contributed by atoms with Crippen LogP contribution in [0.3, 0.4) is 0 Å². The minimum atomic E-state index is -1.45. The number of aliphatic hydroxyl groups is 1. The molecule has 2 atom stereocenters. The third kappa shape index (κ3) is 4.57. The molecule has 0 amide bonds. The van der Waals surface area contributed by atoms with Crippen LogP contribution in [0.1, 0.15) is 38.2 Å². The second kappa shape index (κ2) is 8.93. The maximum Gasteiger partial charge on any atom is 0.137 e. The van der Waals surface area contributed by atoms with Crippen LogP contribution in [0.4, 0.5) is 10.1 Å². The molecule has 0 aliphatic carbocycles. The molecule has 0 saturated carbocycles. The Labute approximate surface area is 183 Å². The third-order valence-electron chi connectivity index (χ3n) is 6.87. The van der Waals surface area contributed by atoms with Crippen molar-refractivity contribution in [3.8, 4) is 0 Å². The molecule has 1 aromatic heterocycles. The zero-order chi connectivity index (χ0) is 22.0. The minimum Gasteiger partial charge on any atom is -0.381 e. The second-order valence-corrected chi connectivity index (χ2v) is 8.88. The lowest BCUT2D eigenvalue weighted by Crippen LogP contribution is -2.53. The number of rotatable bonds is 6. The number of halogens is 1. The van der Waals surface area contributed by atoms with Crippen molar-refractivity contribution in [3.05, 3.63) is 66.5 Å². The summed E-state index contributed by atoms with van der Waals surface area (Å²) >= 11 is 0. The molecule has 31 heavy (non-hydrogen) atoms. The van der Waals surface area contributed by atoms with Gasteiger partial charge in [-0.3, -0.25) is 4.90 Å². The van der Waals surface area contributed by atoms with E-state index in [4.69, 9.17) is 0 Å². The molecule has 1 unspecified atom stereocenters. The number of likely N-dealkylation sites (tertiary alicyclic amines) is 1. The Kier molecular flexibility index (Phi) is 6.25. The Hall–Kier alpha value is -2.51. The van der Waals surface area contributed by atoms with E-state index < -0.39 is 11.4 Å². The quantitative estimate of drug-likeness (QED) is 0.718. The number of anilines is 1. The summed E-state index contributed by atoms with van der Waals surface area (Å²) in [6.45, 7) is 13.5. The summed E-state index contributed by atoms with van der Waals surface area (Å²) in [5, 5.41) is 16.1. The monoisotopic (exact) mass is 425 g/mol. The van der Waals surface area contributed by atoms with Crippen LogP contribution in [-0.4, -0.2) is 57.0 Å². The normalized spacial score (nSPS) is 21.2. The predicted octanol–water partition coefficient (Wildman–Crippen LogP) is 3.50. The smallest absolute Gasteiger partial charge is 0.137 e. The van der Waals surface area contributed by atoms with E-state index in [0.29, 0.717) is 5.56 Å². The van der Waals surface area contributed by atoms with Crippen LogP contribution in [-0.2, 0) is 12.1 Å². The molecule has 2 aliphatic heterocycles. The summed E-state index contributed by atoms with van der Waals surface area (Å²) in [4.78, 5) is 8.39. The molecule has 0 bridgehead atoms. The SMILES string of the molecule is C=C1CCN(c2ccc([C@@](O)(Cn3cncn3)C(C)N3CCC(=C)CC3)c(F)c2)CC1. The Morgan fingerprint density at radius 1 is 1.10 bits per heavy atom. The molecule has 3 heterocycles. The molecular weight excluding hydrogens is 393 g/mol. The summed E-state index contributed by atoms with van der Waals surface area (Å²) in [5.74, 6) is -0.391. The molecule has 1 aromatic carbocycles. The van der Waals surface area contributed by atoms with E-state index in [0.717, 1.165) is 57.5 Å². The molecule has 0 radical (unpaired) electrons. The summed E-state index contributed by atoms with van der Waals surface area (Å²) in [7, 11) is 0. The fraction of sp³-hybridized carbons (Fsp3) is 0.500. The van der Waals surface area contributed by atoms with Crippen molar-refractivity contribution < 1.29 is 9.50 Å². The van der Waals surface area contributed by atoms with E-state index in [2.05, 4.69) is 33.0 Å². The van der Waals surface area contributed by atoms with Crippen molar-refractivity contribution in [1.29, 1.82) is 0 Å². The summed E-state index contributed by atoms with van der Waals surface area (Å²) in [5.41, 5.74) is 2.16. The maximum atomic E-state index is 15.5. The van der Waals surface area contributed by atoms with Gasteiger partial charge in [0.05, 0.1) is 6.54 Å². The summed E-state index contributed by atoms with van der Waals surface area (Å²) in [6, 6.07) is 4.91. The average molecular weight is 426 g/mol. The van der Waals surface area contributed by atoms with Crippen molar-refractivity contribution in [1.82, 2.24) is 19.7 Å². The van der Waals surface area contributed by atoms with Gasteiger partial charge in [-0.05, 0) is 44.7 Å². The zero-order valence-corrected chi connectivity index (χ0v) is 18.3. The average Bonchev–Trinajstić information content (AvgIpc) is 3.27. The Morgan fingerprint density at radius 3 is 2.32 bits per heavy atom. The molecule has 2 aromatic rings. The number of benzene rings is 1. The van der Waals surface area contributed by atoms with E-state index in [1.165, 1.54) is 17.5 Å². The van der Waals surface area contributed by atoms with Crippen molar-refractivity contribution in [2.45, 2.75) is 50.8 Å². The van der Waals surface area contributed by atoms with Gasteiger partial charge in [0.15, 0.2) is 0 Å². The highest BCUT2D eigenvalue weighted by atomic mass is 19.1. The van der Waals surface area contributed by atoms with Crippen molar-refractivity contribution >= 4 is 5.69 Å². The lowest BCUT2D eigenvalue weighted by molar-refractivity contribution is -0.0656. The van der Waals surface area contributed by atoms with Gasteiger partial charge in [-0.15, -0.1) is 0 Å². The number of nitrogens with zero attached hydrogens (tertiary/aromatic N) is 5. The van der Waals surface area contributed by atoms with E-state index in [9.17, 15) is 5.11 Å². The van der Waals surface area contributed by atoms with Crippen LogP contribution in [0.15, 0.2) is 55.2 Å².